The molecule has 1 aromatic carbocycles. The summed E-state index contributed by atoms with van der Waals surface area (Å²) in [5.41, 5.74) is -1.03. The Morgan fingerprint density at radius 2 is 1.95 bits per heavy atom. The zero-order valence-electron chi connectivity index (χ0n) is 10.9. The number of rotatable bonds is 4. The highest BCUT2D eigenvalue weighted by Gasteiger charge is 2.33. The van der Waals surface area contributed by atoms with E-state index in [9.17, 15) is 17.6 Å². The molecule has 3 nitrogen and oxygen atoms in total. The van der Waals surface area contributed by atoms with Crippen molar-refractivity contribution < 1.29 is 17.6 Å². The first-order valence-electron chi connectivity index (χ1n) is 6.02. The van der Waals surface area contributed by atoms with Crippen molar-refractivity contribution in [2.45, 2.75) is 23.0 Å². The van der Waals surface area contributed by atoms with Crippen molar-refractivity contribution in [2.24, 2.45) is 0 Å². The Morgan fingerprint density at radius 1 is 1.19 bits per heavy atom. The molecule has 0 spiro atoms. The molecule has 2 rings (SSSR count). The van der Waals surface area contributed by atoms with E-state index in [2.05, 4.69) is 15.3 Å². The second kappa shape index (κ2) is 6.30. The van der Waals surface area contributed by atoms with Crippen LogP contribution in [0.15, 0.2) is 40.3 Å². The summed E-state index contributed by atoms with van der Waals surface area (Å²) in [6.07, 6.45) is -4.57. The van der Waals surface area contributed by atoms with E-state index in [0.29, 0.717) is 11.4 Å². The van der Waals surface area contributed by atoms with Gasteiger partial charge in [0.1, 0.15) is 10.8 Å². The molecule has 0 unspecified atom stereocenters. The molecule has 0 saturated carbocycles. The van der Waals surface area contributed by atoms with E-state index in [0.717, 1.165) is 17.8 Å². The lowest BCUT2D eigenvalue weighted by Crippen LogP contribution is -2.12. The van der Waals surface area contributed by atoms with Gasteiger partial charge in [-0.2, -0.15) is 13.2 Å². The summed E-state index contributed by atoms with van der Waals surface area (Å²) in [6, 6.07) is 6.41. The number of hydrogen-bond donors (Lipinski definition) is 1. The Labute approximate surface area is 122 Å². The highest BCUT2D eigenvalue weighted by Crippen LogP contribution is 2.33. The van der Waals surface area contributed by atoms with Gasteiger partial charge in [-0.1, -0.05) is 17.8 Å². The predicted molar refractivity (Wildman–Crippen MR) is 71.7 cm³/mol. The molecule has 0 atom stereocenters. The molecule has 0 aliphatic carbocycles. The molecule has 112 valence electrons. The van der Waals surface area contributed by atoms with Crippen LogP contribution in [0.3, 0.4) is 0 Å². The van der Waals surface area contributed by atoms with Crippen molar-refractivity contribution in [1.29, 1.82) is 0 Å². The van der Waals surface area contributed by atoms with Gasteiger partial charge >= 0.3 is 6.18 Å². The van der Waals surface area contributed by atoms with E-state index >= 15 is 0 Å². The molecule has 0 radical (unpaired) electrons. The van der Waals surface area contributed by atoms with Crippen molar-refractivity contribution in [3.63, 3.8) is 0 Å². The maximum absolute atomic E-state index is 13.1. The Bertz CT molecular complexity index is 631. The van der Waals surface area contributed by atoms with Crippen molar-refractivity contribution in [2.75, 3.05) is 11.9 Å². The molecule has 0 aliphatic heterocycles. The van der Waals surface area contributed by atoms with E-state index in [1.165, 1.54) is 18.2 Å². The molecule has 8 heteroatoms. The maximum Gasteiger partial charge on any atom is 0.433 e. The molecule has 21 heavy (non-hydrogen) atoms. The molecule has 0 saturated heterocycles. The predicted octanol–water partition coefficient (Wildman–Crippen LogP) is 4.22. The summed E-state index contributed by atoms with van der Waals surface area (Å²) in [5, 5.41) is 2.74. The summed E-state index contributed by atoms with van der Waals surface area (Å²) in [7, 11) is 0. The van der Waals surface area contributed by atoms with Gasteiger partial charge in [-0.3, -0.25) is 0 Å². The number of halogens is 4. The Balaban J connectivity index is 2.35. The third kappa shape index (κ3) is 4.32. The molecule has 0 bridgehead atoms. The summed E-state index contributed by atoms with van der Waals surface area (Å²) >= 11 is 0.941. The molecule has 1 aromatic heterocycles. The highest BCUT2D eigenvalue weighted by molar-refractivity contribution is 7.99. The lowest BCUT2D eigenvalue weighted by molar-refractivity contribution is -0.141. The number of hydrogen-bond acceptors (Lipinski definition) is 4. The summed E-state index contributed by atoms with van der Waals surface area (Å²) < 4.78 is 51.5. The lowest BCUT2D eigenvalue weighted by atomic mass is 10.3. The number of anilines is 1. The largest absolute Gasteiger partial charge is 0.433 e. The van der Waals surface area contributed by atoms with Gasteiger partial charge in [-0.25, -0.2) is 14.4 Å². The fourth-order valence-electron chi connectivity index (χ4n) is 1.51. The molecule has 1 heterocycles. The third-order valence-electron chi connectivity index (χ3n) is 2.35. The van der Waals surface area contributed by atoms with Crippen LogP contribution >= 0.6 is 11.8 Å². The van der Waals surface area contributed by atoms with Gasteiger partial charge in [0.25, 0.3) is 0 Å². The number of nitrogens with one attached hydrogen (secondary N) is 1. The van der Waals surface area contributed by atoms with Crippen LogP contribution in [0.4, 0.5) is 23.5 Å². The number of benzene rings is 1. The van der Waals surface area contributed by atoms with E-state index < -0.39 is 17.7 Å². The second-order valence-electron chi connectivity index (χ2n) is 4.00. The van der Waals surface area contributed by atoms with E-state index in [1.807, 2.05) is 0 Å². The molecule has 0 aliphatic rings. The fraction of sp³-hybridized carbons (Fsp3) is 0.231. The van der Waals surface area contributed by atoms with Crippen LogP contribution in [-0.2, 0) is 6.18 Å². The Morgan fingerprint density at radius 3 is 2.57 bits per heavy atom. The zero-order chi connectivity index (χ0) is 15.5. The van der Waals surface area contributed by atoms with Crippen LogP contribution in [0.1, 0.15) is 12.6 Å². The van der Waals surface area contributed by atoms with E-state index in [4.69, 9.17) is 0 Å². The van der Waals surface area contributed by atoms with Crippen LogP contribution in [0.2, 0.25) is 0 Å². The number of aromatic nitrogens is 2. The van der Waals surface area contributed by atoms with Gasteiger partial charge < -0.3 is 5.32 Å². The average molecular weight is 317 g/mol. The van der Waals surface area contributed by atoms with Gasteiger partial charge in [-0.05, 0) is 25.1 Å². The minimum atomic E-state index is -4.57. The van der Waals surface area contributed by atoms with Gasteiger partial charge in [-0.15, -0.1) is 0 Å². The maximum atomic E-state index is 13.1. The first kappa shape index (κ1) is 15.6. The first-order valence-corrected chi connectivity index (χ1v) is 6.83. The smallest absolute Gasteiger partial charge is 0.354 e. The fourth-order valence-corrected chi connectivity index (χ4v) is 2.37. The summed E-state index contributed by atoms with van der Waals surface area (Å²) in [5.74, 6) is -0.566. The normalized spacial score (nSPS) is 11.5. The minimum Gasteiger partial charge on any atom is -0.354 e. The van der Waals surface area contributed by atoms with Crippen molar-refractivity contribution >= 4 is 17.7 Å². The summed E-state index contributed by atoms with van der Waals surface area (Å²) in [6.45, 7) is 2.12. The SMILES string of the molecule is CCNc1nc(Sc2cccc(F)c2)cc(C(F)(F)F)n1. The average Bonchev–Trinajstić information content (AvgIpc) is 2.37. The van der Waals surface area contributed by atoms with Crippen molar-refractivity contribution in [1.82, 2.24) is 9.97 Å². The van der Waals surface area contributed by atoms with Crippen LogP contribution in [0.5, 0.6) is 0 Å². The van der Waals surface area contributed by atoms with Crippen LogP contribution in [-0.4, -0.2) is 16.5 Å². The Hall–Kier alpha value is -1.83. The molecule has 2 aromatic rings. The van der Waals surface area contributed by atoms with Gasteiger partial charge in [0.2, 0.25) is 5.95 Å². The van der Waals surface area contributed by atoms with Crippen LogP contribution < -0.4 is 5.32 Å². The monoisotopic (exact) mass is 317 g/mol. The molecule has 0 fully saturated rings. The Kier molecular flexibility index (Phi) is 4.66. The lowest BCUT2D eigenvalue weighted by Gasteiger charge is -2.10. The zero-order valence-corrected chi connectivity index (χ0v) is 11.7. The molecular weight excluding hydrogens is 306 g/mol. The molecule has 0 amide bonds. The topological polar surface area (TPSA) is 37.8 Å². The summed E-state index contributed by atoms with van der Waals surface area (Å²) in [4.78, 5) is 7.86. The molecular formula is C13H11F4N3S. The first-order chi connectivity index (χ1) is 9.88. The van der Waals surface area contributed by atoms with Crippen molar-refractivity contribution in [3.05, 3.63) is 41.8 Å². The third-order valence-corrected chi connectivity index (χ3v) is 3.25. The van der Waals surface area contributed by atoms with Gasteiger partial charge in [0, 0.05) is 17.5 Å². The second-order valence-corrected chi connectivity index (χ2v) is 5.10. The molecule has 1 N–H and O–H groups in total. The number of alkyl halides is 3. The van der Waals surface area contributed by atoms with E-state index in [1.54, 1.807) is 13.0 Å². The van der Waals surface area contributed by atoms with Gasteiger partial charge in [0.05, 0.1) is 0 Å². The minimum absolute atomic E-state index is 0.0962. The number of nitrogens with zero attached hydrogens (tertiary/aromatic N) is 2. The quantitative estimate of drug-likeness (QED) is 0.677. The van der Waals surface area contributed by atoms with E-state index in [-0.39, 0.29) is 11.0 Å². The highest BCUT2D eigenvalue weighted by atomic mass is 32.2. The van der Waals surface area contributed by atoms with Crippen LogP contribution in [0, 0.1) is 5.82 Å². The van der Waals surface area contributed by atoms with Crippen molar-refractivity contribution in [3.8, 4) is 0 Å². The standard InChI is InChI=1S/C13H11F4N3S/c1-2-18-12-19-10(13(15,16)17)7-11(20-12)21-9-5-3-4-8(14)6-9/h3-7H,2H2,1H3,(H,18,19,20). The van der Waals surface area contributed by atoms with Crippen LogP contribution in [0.25, 0.3) is 0 Å². The van der Waals surface area contributed by atoms with Gasteiger partial charge in [0.15, 0.2) is 5.69 Å².